The van der Waals surface area contributed by atoms with Crippen LogP contribution in [-0.2, 0) is 4.74 Å². The Balaban J connectivity index is 1.76. The number of hydrogen-bond donors (Lipinski definition) is 0. The maximum Gasteiger partial charge on any atom is 0.137 e. The van der Waals surface area contributed by atoms with Gasteiger partial charge in [-0.15, -0.1) is 0 Å². The molecule has 3 nitrogen and oxygen atoms in total. The van der Waals surface area contributed by atoms with Crippen LogP contribution in [0.15, 0.2) is 0 Å². The van der Waals surface area contributed by atoms with Crippen molar-refractivity contribution in [2.45, 2.75) is 25.7 Å². The highest BCUT2D eigenvalue weighted by Crippen LogP contribution is 2.28. The van der Waals surface area contributed by atoms with Gasteiger partial charge in [0.05, 0.1) is 6.10 Å². The van der Waals surface area contributed by atoms with Crippen LogP contribution in [0, 0.1) is 0 Å². The molecule has 0 spiro atoms. The van der Waals surface area contributed by atoms with Crippen LogP contribution in [-0.4, -0.2) is 55.4 Å². The van der Waals surface area contributed by atoms with Gasteiger partial charge in [0.1, 0.15) is 6.23 Å². The van der Waals surface area contributed by atoms with Crippen LogP contribution in [0.25, 0.3) is 0 Å². The zero-order chi connectivity index (χ0) is 8.55. The van der Waals surface area contributed by atoms with Crippen molar-refractivity contribution in [2.24, 2.45) is 0 Å². The highest BCUT2D eigenvalue weighted by molar-refractivity contribution is 4.86. The summed E-state index contributed by atoms with van der Waals surface area (Å²) in [4.78, 5) is 4.84. The first-order chi connectivity index (χ1) is 5.81. The fraction of sp³-hybridized carbons (Fsp3) is 1.00. The molecule has 0 saturated carbocycles. The van der Waals surface area contributed by atoms with Gasteiger partial charge in [-0.05, 0) is 13.5 Å². The molecule has 2 rings (SSSR count). The molecule has 2 aliphatic heterocycles. The van der Waals surface area contributed by atoms with Crippen molar-refractivity contribution >= 4 is 0 Å². The first-order valence-corrected chi connectivity index (χ1v) is 4.89. The molecular weight excluding hydrogens is 152 g/mol. The number of likely N-dealkylation sites (N-methyl/N-ethyl adjacent to an activating group) is 1. The highest BCUT2D eigenvalue weighted by atomic mass is 16.6. The molecule has 0 amide bonds. The van der Waals surface area contributed by atoms with Crippen molar-refractivity contribution in [3.63, 3.8) is 0 Å². The Morgan fingerprint density at radius 1 is 1.25 bits per heavy atom. The number of piperazine rings is 1. The van der Waals surface area contributed by atoms with E-state index in [1.165, 1.54) is 26.2 Å². The molecule has 12 heavy (non-hydrogen) atoms. The van der Waals surface area contributed by atoms with Crippen LogP contribution in [0.2, 0.25) is 0 Å². The monoisotopic (exact) mass is 170 g/mol. The van der Waals surface area contributed by atoms with Crippen LogP contribution in [0.5, 0.6) is 0 Å². The van der Waals surface area contributed by atoms with Crippen molar-refractivity contribution < 1.29 is 4.74 Å². The minimum Gasteiger partial charge on any atom is -0.353 e. The van der Waals surface area contributed by atoms with Crippen LogP contribution >= 0.6 is 0 Å². The fourth-order valence-electron chi connectivity index (χ4n) is 1.83. The van der Waals surface area contributed by atoms with Crippen LogP contribution in [0.4, 0.5) is 0 Å². The summed E-state index contributed by atoms with van der Waals surface area (Å²) < 4.78 is 5.55. The third-order valence-electron chi connectivity index (χ3n) is 2.86. The molecule has 3 heteroatoms. The lowest BCUT2D eigenvalue weighted by molar-refractivity contribution is 0.105. The molecule has 2 unspecified atom stereocenters. The van der Waals surface area contributed by atoms with Crippen molar-refractivity contribution in [3.8, 4) is 0 Å². The molecule has 0 aromatic heterocycles. The second kappa shape index (κ2) is 3.32. The van der Waals surface area contributed by atoms with Gasteiger partial charge in [0.25, 0.3) is 0 Å². The molecule has 0 radical (unpaired) electrons. The van der Waals surface area contributed by atoms with Gasteiger partial charge in [-0.25, -0.2) is 0 Å². The Labute approximate surface area is 74.3 Å². The molecule has 2 saturated heterocycles. The second-order valence-corrected chi connectivity index (χ2v) is 3.81. The Morgan fingerprint density at radius 3 is 2.42 bits per heavy atom. The molecular formula is C9H18N2O. The molecule has 0 aromatic rings. The third-order valence-corrected chi connectivity index (χ3v) is 2.86. The van der Waals surface area contributed by atoms with E-state index in [2.05, 4.69) is 23.8 Å². The molecule has 0 bridgehead atoms. The Hall–Kier alpha value is -0.120. The van der Waals surface area contributed by atoms with Gasteiger partial charge in [-0.1, -0.05) is 6.92 Å². The molecule has 2 fully saturated rings. The van der Waals surface area contributed by atoms with Gasteiger partial charge >= 0.3 is 0 Å². The lowest BCUT2D eigenvalue weighted by Gasteiger charge is -2.31. The average molecular weight is 170 g/mol. The molecule has 70 valence electrons. The lowest BCUT2D eigenvalue weighted by Crippen LogP contribution is -2.46. The second-order valence-electron chi connectivity index (χ2n) is 3.81. The van der Waals surface area contributed by atoms with E-state index in [0.717, 1.165) is 6.42 Å². The summed E-state index contributed by atoms with van der Waals surface area (Å²) in [5.74, 6) is 0. The maximum atomic E-state index is 5.55. The number of nitrogens with zero attached hydrogens (tertiary/aromatic N) is 2. The largest absolute Gasteiger partial charge is 0.353 e. The average Bonchev–Trinajstić information content (AvgIpc) is 2.85. The number of ether oxygens (including phenoxy) is 1. The molecule has 2 heterocycles. The zero-order valence-corrected chi connectivity index (χ0v) is 7.99. The predicted molar refractivity (Wildman–Crippen MR) is 48.0 cm³/mol. The van der Waals surface area contributed by atoms with Gasteiger partial charge in [-0.3, -0.25) is 4.90 Å². The van der Waals surface area contributed by atoms with E-state index in [1.54, 1.807) is 0 Å². The highest BCUT2D eigenvalue weighted by Gasteiger charge is 2.42. The van der Waals surface area contributed by atoms with Gasteiger partial charge < -0.3 is 9.64 Å². The van der Waals surface area contributed by atoms with E-state index in [0.29, 0.717) is 12.3 Å². The summed E-state index contributed by atoms with van der Waals surface area (Å²) in [5.41, 5.74) is 0. The summed E-state index contributed by atoms with van der Waals surface area (Å²) in [7, 11) is 2.18. The Kier molecular flexibility index (Phi) is 2.35. The smallest absolute Gasteiger partial charge is 0.137 e. The van der Waals surface area contributed by atoms with Gasteiger partial charge in [-0.2, -0.15) is 0 Å². The third kappa shape index (κ3) is 1.63. The van der Waals surface area contributed by atoms with Gasteiger partial charge in [0.15, 0.2) is 0 Å². The Bertz CT molecular complexity index is 155. The summed E-state index contributed by atoms with van der Waals surface area (Å²) in [6, 6.07) is 0. The molecule has 2 aliphatic rings. The first-order valence-electron chi connectivity index (χ1n) is 4.89. The van der Waals surface area contributed by atoms with Gasteiger partial charge in [0.2, 0.25) is 0 Å². The summed E-state index contributed by atoms with van der Waals surface area (Å²) in [5, 5.41) is 0. The molecule has 0 aromatic carbocycles. The van der Waals surface area contributed by atoms with Crippen molar-refractivity contribution in [1.29, 1.82) is 0 Å². The maximum absolute atomic E-state index is 5.55. The van der Waals surface area contributed by atoms with E-state index < -0.39 is 0 Å². The van der Waals surface area contributed by atoms with E-state index in [4.69, 9.17) is 4.74 Å². The first kappa shape index (κ1) is 8.48. The van der Waals surface area contributed by atoms with E-state index >= 15 is 0 Å². The normalized spacial score (nSPS) is 38.5. The fourth-order valence-corrected chi connectivity index (χ4v) is 1.83. The minimum atomic E-state index is 0.462. The van der Waals surface area contributed by atoms with Crippen molar-refractivity contribution in [2.75, 3.05) is 33.2 Å². The minimum absolute atomic E-state index is 0.462. The quantitative estimate of drug-likeness (QED) is 0.558. The van der Waals surface area contributed by atoms with Gasteiger partial charge in [0, 0.05) is 26.2 Å². The molecule has 0 N–H and O–H groups in total. The van der Waals surface area contributed by atoms with Crippen molar-refractivity contribution in [1.82, 2.24) is 9.80 Å². The topological polar surface area (TPSA) is 19.0 Å². The van der Waals surface area contributed by atoms with E-state index in [1.807, 2.05) is 0 Å². The standard InChI is InChI=1S/C9H18N2O/c1-3-8-9(12-8)11-6-4-10(2)5-7-11/h8-9H,3-7H2,1-2H3. The summed E-state index contributed by atoms with van der Waals surface area (Å²) in [6.45, 7) is 6.93. The zero-order valence-electron chi connectivity index (χ0n) is 7.99. The van der Waals surface area contributed by atoms with Crippen LogP contribution in [0.1, 0.15) is 13.3 Å². The number of epoxide rings is 1. The van der Waals surface area contributed by atoms with E-state index in [9.17, 15) is 0 Å². The predicted octanol–water partition coefficient (Wildman–Crippen LogP) is 0.369. The lowest BCUT2D eigenvalue weighted by atomic mass is 10.3. The van der Waals surface area contributed by atoms with Crippen molar-refractivity contribution in [3.05, 3.63) is 0 Å². The molecule has 2 atom stereocenters. The number of hydrogen-bond acceptors (Lipinski definition) is 3. The van der Waals surface area contributed by atoms with Crippen LogP contribution in [0.3, 0.4) is 0 Å². The Morgan fingerprint density at radius 2 is 1.92 bits per heavy atom. The molecule has 0 aliphatic carbocycles. The summed E-state index contributed by atoms with van der Waals surface area (Å²) in [6.07, 6.45) is 2.16. The van der Waals surface area contributed by atoms with E-state index in [-0.39, 0.29) is 0 Å². The summed E-state index contributed by atoms with van der Waals surface area (Å²) >= 11 is 0. The SMILES string of the molecule is CCC1OC1N1CCN(C)CC1. The van der Waals surface area contributed by atoms with Crippen LogP contribution < -0.4 is 0 Å². The number of rotatable bonds is 2.